The van der Waals surface area contributed by atoms with Crippen LogP contribution in [0.4, 0.5) is 0 Å². The van der Waals surface area contributed by atoms with Gasteiger partial charge in [-0.1, -0.05) is 79.7 Å². The average Bonchev–Trinajstić information content (AvgIpc) is 2.70. The monoisotopic (exact) mass is 328 g/mol. The van der Waals surface area contributed by atoms with Gasteiger partial charge < -0.3 is 0 Å². The molecule has 0 aliphatic carbocycles. The second kappa shape index (κ2) is 8.06. The molecule has 0 aromatic heterocycles. The molecule has 1 amide bonds. The van der Waals surface area contributed by atoms with Crippen molar-refractivity contribution in [3.8, 4) is 11.1 Å². The molecule has 0 bridgehead atoms. The summed E-state index contributed by atoms with van der Waals surface area (Å²) in [5, 5.41) is 4.29. The largest absolute Gasteiger partial charge is 0.271 e. The summed E-state index contributed by atoms with van der Waals surface area (Å²) < 4.78 is 0. The Bertz CT molecular complexity index is 854. The van der Waals surface area contributed by atoms with E-state index < -0.39 is 0 Å². The molecule has 0 aliphatic rings. The predicted octanol–water partition coefficient (Wildman–Crippen LogP) is 4.90. The van der Waals surface area contributed by atoms with Gasteiger partial charge in [0.2, 0.25) is 0 Å². The minimum absolute atomic E-state index is 0.207. The Morgan fingerprint density at radius 1 is 0.760 bits per heavy atom. The summed E-state index contributed by atoms with van der Waals surface area (Å²) in [6.07, 6.45) is 0.747. The van der Waals surface area contributed by atoms with Crippen molar-refractivity contribution < 1.29 is 4.79 Å². The van der Waals surface area contributed by atoms with Gasteiger partial charge in [-0.25, -0.2) is 5.43 Å². The van der Waals surface area contributed by atoms with Crippen molar-refractivity contribution in [3.63, 3.8) is 0 Å². The minimum atomic E-state index is -0.207. The molecule has 0 atom stereocenters. The van der Waals surface area contributed by atoms with Crippen LogP contribution in [0.2, 0.25) is 0 Å². The molecule has 0 saturated heterocycles. The van der Waals surface area contributed by atoms with E-state index in [9.17, 15) is 4.79 Å². The van der Waals surface area contributed by atoms with Gasteiger partial charge in [0, 0.05) is 5.56 Å². The zero-order valence-corrected chi connectivity index (χ0v) is 14.1. The Balaban J connectivity index is 1.72. The predicted molar refractivity (Wildman–Crippen MR) is 103 cm³/mol. The smallest absolute Gasteiger partial charge is 0.267 e. The lowest BCUT2D eigenvalue weighted by atomic mass is 10.0. The van der Waals surface area contributed by atoms with Crippen molar-refractivity contribution in [2.45, 2.75) is 13.3 Å². The highest BCUT2D eigenvalue weighted by atomic mass is 16.2. The number of amides is 1. The Kier molecular flexibility index (Phi) is 5.37. The van der Waals surface area contributed by atoms with Crippen LogP contribution >= 0.6 is 0 Å². The van der Waals surface area contributed by atoms with E-state index in [1.807, 2.05) is 91.9 Å². The van der Waals surface area contributed by atoms with Crippen molar-refractivity contribution in [1.29, 1.82) is 0 Å². The zero-order chi connectivity index (χ0) is 17.5. The summed E-state index contributed by atoms with van der Waals surface area (Å²) in [7, 11) is 0. The average molecular weight is 328 g/mol. The van der Waals surface area contributed by atoms with E-state index in [2.05, 4.69) is 10.5 Å². The van der Waals surface area contributed by atoms with Crippen molar-refractivity contribution in [2.24, 2.45) is 5.10 Å². The van der Waals surface area contributed by atoms with Gasteiger partial charge in [-0.2, -0.15) is 5.10 Å². The first-order valence-electron chi connectivity index (χ1n) is 8.35. The van der Waals surface area contributed by atoms with Gasteiger partial charge in [0.05, 0.1) is 5.71 Å². The van der Waals surface area contributed by atoms with Crippen LogP contribution in [-0.2, 0) is 0 Å². The maximum absolute atomic E-state index is 12.3. The third-order valence-corrected chi connectivity index (χ3v) is 3.99. The van der Waals surface area contributed by atoms with Crippen molar-refractivity contribution in [3.05, 3.63) is 96.1 Å². The third-order valence-electron chi connectivity index (χ3n) is 3.99. The van der Waals surface area contributed by atoms with Crippen LogP contribution in [0, 0.1) is 0 Å². The highest BCUT2D eigenvalue weighted by Crippen LogP contribution is 2.19. The topological polar surface area (TPSA) is 41.5 Å². The number of carbonyl (C=O) groups is 1. The minimum Gasteiger partial charge on any atom is -0.267 e. The summed E-state index contributed by atoms with van der Waals surface area (Å²) in [5.41, 5.74) is 7.33. The van der Waals surface area contributed by atoms with Gasteiger partial charge in [-0.3, -0.25) is 4.79 Å². The zero-order valence-electron chi connectivity index (χ0n) is 14.1. The summed E-state index contributed by atoms with van der Waals surface area (Å²) in [4.78, 5) is 12.3. The fourth-order valence-electron chi connectivity index (χ4n) is 2.61. The Morgan fingerprint density at radius 2 is 1.32 bits per heavy atom. The van der Waals surface area contributed by atoms with Crippen LogP contribution in [0.15, 0.2) is 90.0 Å². The van der Waals surface area contributed by atoms with Gasteiger partial charge >= 0.3 is 0 Å². The Morgan fingerprint density at radius 3 is 1.92 bits per heavy atom. The van der Waals surface area contributed by atoms with E-state index >= 15 is 0 Å². The molecule has 1 N–H and O–H groups in total. The summed E-state index contributed by atoms with van der Waals surface area (Å²) in [5.74, 6) is -0.207. The number of nitrogens with zero attached hydrogens (tertiary/aromatic N) is 1. The molecule has 0 fully saturated rings. The third kappa shape index (κ3) is 4.21. The van der Waals surface area contributed by atoms with E-state index in [1.54, 1.807) is 0 Å². The normalized spacial score (nSPS) is 11.2. The molecule has 3 aromatic carbocycles. The number of hydrogen-bond donors (Lipinski definition) is 1. The Labute approximate surface area is 148 Å². The second-order valence-corrected chi connectivity index (χ2v) is 5.66. The number of benzene rings is 3. The van der Waals surface area contributed by atoms with Crippen LogP contribution in [0.3, 0.4) is 0 Å². The molecule has 124 valence electrons. The second-order valence-electron chi connectivity index (χ2n) is 5.66. The highest BCUT2D eigenvalue weighted by molar-refractivity contribution is 6.02. The number of hydrogen-bond acceptors (Lipinski definition) is 2. The van der Waals surface area contributed by atoms with Gasteiger partial charge in [0.25, 0.3) is 5.91 Å². The molecule has 3 aromatic rings. The lowest BCUT2D eigenvalue weighted by molar-refractivity contribution is 0.0955. The molecule has 0 spiro atoms. The molecule has 0 aliphatic heterocycles. The maximum Gasteiger partial charge on any atom is 0.271 e. The molecule has 3 heteroatoms. The molecule has 0 saturated carbocycles. The van der Waals surface area contributed by atoms with E-state index in [1.165, 1.54) is 0 Å². The molecular weight excluding hydrogens is 308 g/mol. The SMILES string of the molecule is CC/C(=N/NC(=O)c1ccc(-c2ccccc2)cc1)c1ccccc1. The van der Waals surface area contributed by atoms with Gasteiger partial charge in [0.15, 0.2) is 0 Å². The van der Waals surface area contributed by atoms with Crippen LogP contribution in [0.5, 0.6) is 0 Å². The maximum atomic E-state index is 12.3. The van der Waals surface area contributed by atoms with E-state index in [0.29, 0.717) is 5.56 Å². The van der Waals surface area contributed by atoms with Gasteiger partial charge in [0.1, 0.15) is 0 Å². The van der Waals surface area contributed by atoms with E-state index in [-0.39, 0.29) is 5.91 Å². The van der Waals surface area contributed by atoms with Crippen LogP contribution < -0.4 is 5.43 Å². The molecule has 3 rings (SSSR count). The first-order valence-corrected chi connectivity index (χ1v) is 8.35. The number of hydrazone groups is 1. The van der Waals surface area contributed by atoms with Crippen LogP contribution in [-0.4, -0.2) is 11.6 Å². The molecule has 0 radical (unpaired) electrons. The molecule has 25 heavy (non-hydrogen) atoms. The highest BCUT2D eigenvalue weighted by Gasteiger charge is 2.06. The molecule has 3 nitrogen and oxygen atoms in total. The van der Waals surface area contributed by atoms with Crippen LogP contribution in [0.25, 0.3) is 11.1 Å². The first-order chi connectivity index (χ1) is 12.3. The molecule has 0 heterocycles. The van der Waals surface area contributed by atoms with E-state index in [0.717, 1.165) is 28.8 Å². The summed E-state index contributed by atoms with van der Waals surface area (Å²) in [6, 6.07) is 27.5. The van der Waals surface area contributed by atoms with E-state index in [4.69, 9.17) is 0 Å². The van der Waals surface area contributed by atoms with Crippen molar-refractivity contribution in [2.75, 3.05) is 0 Å². The molecule has 0 unspecified atom stereocenters. The summed E-state index contributed by atoms with van der Waals surface area (Å²) >= 11 is 0. The first kappa shape index (κ1) is 16.7. The fourth-order valence-corrected chi connectivity index (χ4v) is 2.61. The number of rotatable bonds is 5. The quantitative estimate of drug-likeness (QED) is 0.525. The summed E-state index contributed by atoms with van der Waals surface area (Å²) in [6.45, 7) is 2.02. The number of nitrogens with one attached hydrogen (secondary N) is 1. The fraction of sp³-hybridized carbons (Fsp3) is 0.0909. The number of carbonyl (C=O) groups excluding carboxylic acids is 1. The lowest BCUT2D eigenvalue weighted by Crippen LogP contribution is -2.19. The van der Waals surface area contributed by atoms with Crippen molar-refractivity contribution >= 4 is 11.6 Å². The van der Waals surface area contributed by atoms with Crippen LogP contribution in [0.1, 0.15) is 29.3 Å². The molecular formula is C22H20N2O. The lowest BCUT2D eigenvalue weighted by Gasteiger charge is -2.06. The Hall–Kier alpha value is -3.20. The standard InChI is InChI=1S/C22H20N2O/c1-2-21(19-11-7-4-8-12-19)23-24-22(25)20-15-13-18(14-16-20)17-9-5-3-6-10-17/h3-16H,2H2,1H3,(H,24,25)/b23-21-. The van der Waals surface area contributed by atoms with Gasteiger partial charge in [-0.05, 0) is 35.2 Å². The van der Waals surface area contributed by atoms with Gasteiger partial charge in [-0.15, -0.1) is 0 Å². The van der Waals surface area contributed by atoms with Crippen molar-refractivity contribution in [1.82, 2.24) is 5.43 Å².